The SMILES string of the molecule is COC(=O)[C@H](Cc1ccc(N)cc1)NC(=O)C1CCC(C)(C(=O)OC(C)(C)C)C1(C)C. The number of ether oxygens (including phenoxy) is 2. The quantitative estimate of drug-likeness (QED) is 0.528. The summed E-state index contributed by atoms with van der Waals surface area (Å²) in [6.45, 7) is 11.2. The number of amides is 1. The number of carbonyl (C=O) groups is 3. The predicted octanol–water partition coefficient (Wildman–Crippen LogP) is 3.25. The number of rotatable bonds is 6. The Morgan fingerprint density at radius 1 is 1.16 bits per heavy atom. The smallest absolute Gasteiger partial charge is 0.328 e. The lowest BCUT2D eigenvalue weighted by atomic mass is 9.65. The number of nitrogens with one attached hydrogen (secondary N) is 1. The Bertz CT molecular complexity index is 825. The lowest BCUT2D eigenvalue weighted by molar-refractivity contribution is -0.173. The van der Waals surface area contributed by atoms with Crippen molar-refractivity contribution in [1.29, 1.82) is 0 Å². The van der Waals surface area contributed by atoms with Crippen molar-refractivity contribution in [1.82, 2.24) is 5.32 Å². The number of hydrogen-bond donors (Lipinski definition) is 2. The van der Waals surface area contributed by atoms with Crippen molar-refractivity contribution in [3.05, 3.63) is 29.8 Å². The lowest BCUT2D eigenvalue weighted by Gasteiger charge is -2.40. The molecule has 0 saturated heterocycles. The topological polar surface area (TPSA) is 108 Å². The Morgan fingerprint density at radius 3 is 2.26 bits per heavy atom. The summed E-state index contributed by atoms with van der Waals surface area (Å²) in [4.78, 5) is 38.6. The zero-order chi connectivity index (χ0) is 23.6. The molecule has 1 aliphatic rings. The highest BCUT2D eigenvalue weighted by Crippen LogP contribution is 2.57. The van der Waals surface area contributed by atoms with E-state index in [1.807, 2.05) is 53.7 Å². The van der Waals surface area contributed by atoms with Crippen LogP contribution in [0.5, 0.6) is 0 Å². The van der Waals surface area contributed by atoms with Crippen LogP contribution < -0.4 is 11.1 Å². The van der Waals surface area contributed by atoms with Gasteiger partial charge >= 0.3 is 11.9 Å². The Labute approximate surface area is 185 Å². The van der Waals surface area contributed by atoms with E-state index in [-0.39, 0.29) is 18.3 Å². The van der Waals surface area contributed by atoms with Crippen molar-refractivity contribution in [3.8, 4) is 0 Å². The molecule has 31 heavy (non-hydrogen) atoms. The van der Waals surface area contributed by atoms with Gasteiger partial charge in [-0.15, -0.1) is 0 Å². The van der Waals surface area contributed by atoms with Gasteiger partial charge < -0.3 is 20.5 Å². The Balaban J connectivity index is 2.19. The van der Waals surface area contributed by atoms with Crippen LogP contribution in [0.15, 0.2) is 24.3 Å². The van der Waals surface area contributed by atoms with E-state index in [2.05, 4.69) is 5.32 Å². The number of nitrogens with two attached hydrogens (primary N) is 1. The fourth-order valence-electron chi connectivity index (χ4n) is 4.21. The van der Waals surface area contributed by atoms with Gasteiger partial charge in [0.2, 0.25) is 5.91 Å². The Morgan fingerprint density at radius 2 is 1.74 bits per heavy atom. The van der Waals surface area contributed by atoms with Crippen molar-refractivity contribution in [2.24, 2.45) is 16.7 Å². The third-order valence-electron chi connectivity index (χ3n) is 6.61. The van der Waals surface area contributed by atoms with Gasteiger partial charge in [-0.2, -0.15) is 0 Å². The predicted molar refractivity (Wildman–Crippen MR) is 119 cm³/mol. The Hall–Kier alpha value is -2.57. The molecule has 172 valence electrons. The van der Waals surface area contributed by atoms with E-state index in [0.29, 0.717) is 18.5 Å². The molecule has 1 fully saturated rings. The minimum Gasteiger partial charge on any atom is -0.467 e. The van der Waals surface area contributed by atoms with E-state index in [1.165, 1.54) is 7.11 Å². The van der Waals surface area contributed by atoms with Crippen LogP contribution >= 0.6 is 0 Å². The molecule has 7 heteroatoms. The molecule has 3 atom stereocenters. The molecule has 0 aromatic heterocycles. The average molecular weight is 433 g/mol. The van der Waals surface area contributed by atoms with Gasteiger partial charge in [0, 0.05) is 18.0 Å². The number of carbonyl (C=O) groups excluding carboxylic acids is 3. The summed E-state index contributed by atoms with van der Waals surface area (Å²) in [5.74, 6) is -1.52. The lowest BCUT2D eigenvalue weighted by Crippen LogP contribution is -2.51. The number of esters is 2. The highest BCUT2D eigenvalue weighted by Gasteiger charge is 2.59. The molecule has 0 bridgehead atoms. The standard InChI is InChI=1S/C24H36N2O5/c1-22(2,3)31-21(29)24(6)13-12-17(23(24,4)5)19(27)26-18(20(28)30-7)14-15-8-10-16(25)11-9-15/h8-11,17-18H,12-14,25H2,1-7H3,(H,26,27)/t17?,18-,24?/m0/s1. The number of methoxy groups -OCH3 is 1. The van der Waals surface area contributed by atoms with E-state index < -0.39 is 34.4 Å². The summed E-state index contributed by atoms with van der Waals surface area (Å²) in [6, 6.07) is 6.30. The molecule has 2 unspecified atom stereocenters. The van der Waals surface area contributed by atoms with E-state index in [1.54, 1.807) is 12.1 Å². The second-order valence-electron chi connectivity index (χ2n) is 10.2. The minimum atomic E-state index is -0.828. The van der Waals surface area contributed by atoms with Crippen LogP contribution in [0.1, 0.15) is 59.9 Å². The third kappa shape index (κ3) is 5.38. The van der Waals surface area contributed by atoms with Crippen LogP contribution in [0.3, 0.4) is 0 Å². The van der Waals surface area contributed by atoms with E-state index in [9.17, 15) is 14.4 Å². The zero-order valence-corrected chi connectivity index (χ0v) is 19.7. The molecular formula is C24H36N2O5. The first-order valence-electron chi connectivity index (χ1n) is 10.7. The number of anilines is 1. The average Bonchev–Trinajstić information content (AvgIpc) is 2.91. The van der Waals surface area contributed by atoms with Crippen LogP contribution in [-0.2, 0) is 30.3 Å². The zero-order valence-electron chi connectivity index (χ0n) is 19.7. The first-order valence-corrected chi connectivity index (χ1v) is 10.7. The maximum absolute atomic E-state index is 13.2. The molecule has 7 nitrogen and oxygen atoms in total. The second kappa shape index (κ2) is 8.89. The summed E-state index contributed by atoms with van der Waals surface area (Å²) in [7, 11) is 1.30. The maximum Gasteiger partial charge on any atom is 0.328 e. The normalized spacial score (nSPS) is 23.6. The largest absolute Gasteiger partial charge is 0.467 e. The summed E-state index contributed by atoms with van der Waals surface area (Å²) < 4.78 is 10.6. The van der Waals surface area contributed by atoms with Crippen LogP contribution in [0.25, 0.3) is 0 Å². The second-order valence-corrected chi connectivity index (χ2v) is 10.2. The molecule has 1 aromatic rings. The van der Waals surface area contributed by atoms with Gasteiger partial charge in [-0.25, -0.2) is 4.79 Å². The number of hydrogen-bond acceptors (Lipinski definition) is 6. The Kier molecular flexibility index (Phi) is 7.08. The third-order valence-corrected chi connectivity index (χ3v) is 6.61. The fraction of sp³-hybridized carbons (Fsp3) is 0.625. The summed E-state index contributed by atoms with van der Waals surface area (Å²) >= 11 is 0. The number of nitrogen functional groups attached to an aromatic ring is 1. The molecule has 1 aliphatic carbocycles. The van der Waals surface area contributed by atoms with Crippen LogP contribution in [0.2, 0.25) is 0 Å². The van der Waals surface area contributed by atoms with Gasteiger partial charge in [-0.05, 0) is 63.6 Å². The van der Waals surface area contributed by atoms with Crippen LogP contribution in [0.4, 0.5) is 5.69 Å². The fourth-order valence-corrected chi connectivity index (χ4v) is 4.21. The number of benzene rings is 1. The molecule has 0 heterocycles. The monoisotopic (exact) mass is 432 g/mol. The van der Waals surface area contributed by atoms with Crippen LogP contribution in [0, 0.1) is 16.7 Å². The van der Waals surface area contributed by atoms with E-state index >= 15 is 0 Å². The molecule has 2 rings (SSSR count). The van der Waals surface area contributed by atoms with Crippen molar-refractivity contribution in [2.45, 2.75) is 72.4 Å². The van der Waals surface area contributed by atoms with Gasteiger partial charge in [0.25, 0.3) is 0 Å². The molecule has 3 N–H and O–H groups in total. The van der Waals surface area contributed by atoms with Gasteiger partial charge in [0.05, 0.1) is 12.5 Å². The summed E-state index contributed by atoms with van der Waals surface area (Å²) in [5, 5.41) is 2.86. The first kappa shape index (κ1) is 24.7. The van der Waals surface area contributed by atoms with E-state index in [4.69, 9.17) is 15.2 Å². The van der Waals surface area contributed by atoms with Gasteiger partial charge in [0.15, 0.2) is 0 Å². The molecule has 1 aromatic carbocycles. The van der Waals surface area contributed by atoms with Crippen molar-refractivity contribution < 1.29 is 23.9 Å². The van der Waals surface area contributed by atoms with Crippen molar-refractivity contribution >= 4 is 23.5 Å². The maximum atomic E-state index is 13.2. The van der Waals surface area contributed by atoms with E-state index in [0.717, 1.165) is 5.56 Å². The van der Waals surface area contributed by atoms with Crippen LogP contribution in [-0.4, -0.2) is 36.6 Å². The van der Waals surface area contributed by atoms with Gasteiger partial charge in [-0.3, -0.25) is 9.59 Å². The molecule has 1 saturated carbocycles. The molecule has 1 amide bonds. The first-order chi connectivity index (χ1) is 14.2. The molecule has 0 aliphatic heterocycles. The van der Waals surface area contributed by atoms with Gasteiger partial charge in [-0.1, -0.05) is 26.0 Å². The van der Waals surface area contributed by atoms with Crippen molar-refractivity contribution in [3.63, 3.8) is 0 Å². The molecule has 0 spiro atoms. The summed E-state index contributed by atoms with van der Waals surface area (Å²) in [6.07, 6.45) is 1.35. The molecule has 0 radical (unpaired) electrons. The molecular weight excluding hydrogens is 396 g/mol. The van der Waals surface area contributed by atoms with Crippen molar-refractivity contribution in [2.75, 3.05) is 12.8 Å². The minimum absolute atomic E-state index is 0.261. The van der Waals surface area contributed by atoms with Gasteiger partial charge in [0.1, 0.15) is 11.6 Å². The summed E-state index contributed by atoms with van der Waals surface area (Å²) in [5.41, 5.74) is 5.14. The highest BCUT2D eigenvalue weighted by molar-refractivity contribution is 5.88. The highest BCUT2D eigenvalue weighted by atomic mass is 16.6.